The zero-order valence-corrected chi connectivity index (χ0v) is 14.0. The van der Waals surface area contributed by atoms with Crippen molar-refractivity contribution in [3.05, 3.63) is 46.2 Å². The van der Waals surface area contributed by atoms with Crippen LogP contribution in [0.4, 0.5) is 0 Å². The fourth-order valence-corrected chi connectivity index (χ4v) is 2.96. The standard InChI is InChI=1S/C17H21NO3S/c1-18(12-14-5-4-10-22-14)17(19)9-7-13-6-8-15(20-2)16(11-13)21-3/h4-6,8,10-11H,7,9,12H2,1-3H3. The highest BCUT2D eigenvalue weighted by Gasteiger charge is 2.11. The Labute approximate surface area is 135 Å². The second kappa shape index (κ2) is 7.84. The Morgan fingerprint density at radius 1 is 1.18 bits per heavy atom. The van der Waals surface area contributed by atoms with Crippen LogP contribution >= 0.6 is 11.3 Å². The van der Waals surface area contributed by atoms with Crippen molar-refractivity contribution in [3.63, 3.8) is 0 Å². The van der Waals surface area contributed by atoms with Crippen molar-refractivity contribution < 1.29 is 14.3 Å². The van der Waals surface area contributed by atoms with Crippen LogP contribution in [0.2, 0.25) is 0 Å². The Balaban J connectivity index is 1.90. The van der Waals surface area contributed by atoms with Crippen LogP contribution in [0.15, 0.2) is 35.7 Å². The SMILES string of the molecule is COc1ccc(CCC(=O)N(C)Cc2cccs2)cc1OC. The first-order valence-corrected chi connectivity index (χ1v) is 7.99. The van der Waals surface area contributed by atoms with Crippen LogP contribution in [0.25, 0.3) is 0 Å². The van der Waals surface area contributed by atoms with Crippen molar-refractivity contribution in [1.82, 2.24) is 4.90 Å². The molecule has 0 aliphatic heterocycles. The number of hydrogen-bond donors (Lipinski definition) is 0. The van der Waals surface area contributed by atoms with Crippen molar-refractivity contribution in [1.29, 1.82) is 0 Å². The van der Waals surface area contributed by atoms with Gasteiger partial charge in [-0.1, -0.05) is 12.1 Å². The molecule has 0 aliphatic carbocycles. The summed E-state index contributed by atoms with van der Waals surface area (Å²) >= 11 is 1.67. The molecule has 1 aromatic heterocycles. The maximum Gasteiger partial charge on any atom is 0.222 e. The van der Waals surface area contributed by atoms with E-state index in [1.807, 2.05) is 42.8 Å². The number of ether oxygens (including phenoxy) is 2. The van der Waals surface area contributed by atoms with Crippen molar-refractivity contribution in [2.45, 2.75) is 19.4 Å². The number of hydrogen-bond acceptors (Lipinski definition) is 4. The van der Waals surface area contributed by atoms with Gasteiger partial charge < -0.3 is 14.4 Å². The number of carbonyl (C=O) groups is 1. The summed E-state index contributed by atoms with van der Waals surface area (Å²) in [5.41, 5.74) is 1.07. The van der Waals surface area contributed by atoms with E-state index in [9.17, 15) is 4.79 Å². The lowest BCUT2D eigenvalue weighted by Crippen LogP contribution is -2.25. The minimum atomic E-state index is 0.142. The molecule has 2 aromatic rings. The minimum absolute atomic E-state index is 0.142. The van der Waals surface area contributed by atoms with Gasteiger partial charge in [0, 0.05) is 18.3 Å². The molecule has 0 radical (unpaired) electrons. The number of aryl methyl sites for hydroxylation is 1. The lowest BCUT2D eigenvalue weighted by atomic mass is 10.1. The third kappa shape index (κ3) is 4.24. The Bertz CT molecular complexity index is 610. The Hall–Kier alpha value is -2.01. The van der Waals surface area contributed by atoms with E-state index in [-0.39, 0.29) is 5.91 Å². The summed E-state index contributed by atoms with van der Waals surface area (Å²) in [7, 11) is 5.07. The average Bonchev–Trinajstić information content (AvgIpc) is 3.05. The van der Waals surface area contributed by atoms with Crippen molar-refractivity contribution in [3.8, 4) is 11.5 Å². The van der Waals surface area contributed by atoms with E-state index in [4.69, 9.17) is 9.47 Å². The van der Waals surface area contributed by atoms with Crippen molar-refractivity contribution >= 4 is 17.2 Å². The first kappa shape index (κ1) is 16.4. The van der Waals surface area contributed by atoms with Gasteiger partial charge in [-0.2, -0.15) is 0 Å². The zero-order valence-electron chi connectivity index (χ0n) is 13.2. The largest absolute Gasteiger partial charge is 0.493 e. The van der Waals surface area contributed by atoms with Gasteiger partial charge in [0.1, 0.15) is 0 Å². The maximum atomic E-state index is 12.2. The monoisotopic (exact) mass is 319 g/mol. The average molecular weight is 319 g/mol. The molecule has 4 nitrogen and oxygen atoms in total. The molecule has 0 saturated carbocycles. The van der Waals surface area contributed by atoms with Gasteiger partial charge in [-0.05, 0) is 35.6 Å². The molecule has 0 spiro atoms. The fourth-order valence-electron chi connectivity index (χ4n) is 2.20. The van der Waals surface area contributed by atoms with Gasteiger partial charge in [-0.15, -0.1) is 11.3 Å². The first-order chi connectivity index (χ1) is 10.6. The molecule has 0 bridgehead atoms. The maximum absolute atomic E-state index is 12.2. The summed E-state index contributed by atoms with van der Waals surface area (Å²) in [6.45, 7) is 0.669. The van der Waals surface area contributed by atoms with E-state index in [1.54, 1.807) is 30.5 Å². The first-order valence-electron chi connectivity index (χ1n) is 7.11. The smallest absolute Gasteiger partial charge is 0.222 e. The molecule has 1 amide bonds. The van der Waals surface area contributed by atoms with Crippen LogP contribution in [-0.4, -0.2) is 32.1 Å². The van der Waals surface area contributed by atoms with Gasteiger partial charge in [0.2, 0.25) is 5.91 Å². The van der Waals surface area contributed by atoms with Gasteiger partial charge in [0.05, 0.1) is 20.8 Å². The molecular weight excluding hydrogens is 298 g/mol. The predicted molar refractivity (Wildman–Crippen MR) is 88.7 cm³/mol. The number of nitrogens with zero attached hydrogens (tertiary/aromatic N) is 1. The molecule has 22 heavy (non-hydrogen) atoms. The highest BCUT2D eigenvalue weighted by atomic mass is 32.1. The second-order valence-corrected chi connectivity index (χ2v) is 6.05. The number of carbonyl (C=O) groups excluding carboxylic acids is 1. The predicted octanol–water partition coefficient (Wildman–Crippen LogP) is 3.36. The second-order valence-electron chi connectivity index (χ2n) is 5.02. The number of amides is 1. The van der Waals surface area contributed by atoms with E-state index in [1.165, 1.54) is 4.88 Å². The number of thiophene rings is 1. The molecule has 0 saturated heterocycles. The number of methoxy groups -OCH3 is 2. The van der Waals surface area contributed by atoms with Crippen LogP contribution < -0.4 is 9.47 Å². The lowest BCUT2D eigenvalue weighted by Gasteiger charge is -2.16. The van der Waals surface area contributed by atoms with Crippen molar-refractivity contribution in [2.24, 2.45) is 0 Å². The van der Waals surface area contributed by atoms with Gasteiger partial charge >= 0.3 is 0 Å². The summed E-state index contributed by atoms with van der Waals surface area (Å²) in [5, 5.41) is 2.03. The van der Waals surface area contributed by atoms with E-state index in [0.717, 1.165) is 5.56 Å². The number of benzene rings is 1. The third-order valence-electron chi connectivity index (χ3n) is 3.47. The van der Waals surface area contributed by atoms with E-state index < -0.39 is 0 Å². The molecule has 0 aliphatic rings. The van der Waals surface area contributed by atoms with E-state index in [2.05, 4.69) is 0 Å². The Morgan fingerprint density at radius 2 is 1.95 bits per heavy atom. The molecule has 1 heterocycles. The van der Waals surface area contributed by atoms with Gasteiger partial charge in [-0.25, -0.2) is 0 Å². The van der Waals surface area contributed by atoms with Crippen LogP contribution in [0.1, 0.15) is 16.9 Å². The number of rotatable bonds is 7. The van der Waals surface area contributed by atoms with E-state index >= 15 is 0 Å². The van der Waals surface area contributed by atoms with Gasteiger partial charge in [0.25, 0.3) is 0 Å². The molecule has 0 unspecified atom stereocenters. The molecule has 0 N–H and O–H groups in total. The minimum Gasteiger partial charge on any atom is -0.493 e. The molecule has 5 heteroatoms. The normalized spacial score (nSPS) is 10.3. The summed E-state index contributed by atoms with van der Waals surface area (Å²) < 4.78 is 10.5. The van der Waals surface area contributed by atoms with Crippen LogP contribution in [0, 0.1) is 0 Å². The summed E-state index contributed by atoms with van der Waals surface area (Å²) in [5.74, 6) is 1.54. The Kier molecular flexibility index (Phi) is 5.83. The summed E-state index contributed by atoms with van der Waals surface area (Å²) in [6, 6.07) is 9.80. The van der Waals surface area contributed by atoms with Crippen LogP contribution in [0.3, 0.4) is 0 Å². The van der Waals surface area contributed by atoms with Crippen LogP contribution in [0.5, 0.6) is 11.5 Å². The summed E-state index contributed by atoms with van der Waals surface area (Å²) in [4.78, 5) is 15.2. The lowest BCUT2D eigenvalue weighted by molar-refractivity contribution is -0.130. The topological polar surface area (TPSA) is 38.8 Å². The Morgan fingerprint density at radius 3 is 2.59 bits per heavy atom. The molecule has 1 aromatic carbocycles. The van der Waals surface area contributed by atoms with Crippen LogP contribution in [-0.2, 0) is 17.8 Å². The van der Waals surface area contributed by atoms with Crippen molar-refractivity contribution in [2.75, 3.05) is 21.3 Å². The quantitative estimate of drug-likeness (QED) is 0.785. The molecule has 0 atom stereocenters. The molecule has 2 rings (SSSR count). The fraction of sp³-hybridized carbons (Fsp3) is 0.353. The molecule has 0 fully saturated rings. The van der Waals surface area contributed by atoms with E-state index in [0.29, 0.717) is 30.9 Å². The highest BCUT2D eigenvalue weighted by molar-refractivity contribution is 7.09. The van der Waals surface area contributed by atoms with Gasteiger partial charge in [-0.3, -0.25) is 4.79 Å². The summed E-state index contributed by atoms with van der Waals surface area (Å²) in [6.07, 6.45) is 1.17. The molecular formula is C17H21NO3S. The third-order valence-corrected chi connectivity index (χ3v) is 4.34. The highest BCUT2D eigenvalue weighted by Crippen LogP contribution is 2.28. The molecule has 118 valence electrons. The zero-order chi connectivity index (χ0) is 15.9. The van der Waals surface area contributed by atoms with Gasteiger partial charge in [0.15, 0.2) is 11.5 Å².